The summed E-state index contributed by atoms with van der Waals surface area (Å²) in [7, 11) is 0. The Morgan fingerprint density at radius 2 is 1.78 bits per heavy atom. The number of rotatable bonds is 10. The van der Waals surface area contributed by atoms with Crippen molar-refractivity contribution >= 4 is 6.08 Å². The molecule has 1 aromatic rings. The zero-order chi connectivity index (χ0) is 16.7. The summed E-state index contributed by atoms with van der Waals surface area (Å²) >= 11 is 0. The maximum atomic E-state index is 3.91. The van der Waals surface area contributed by atoms with Crippen LogP contribution in [0.2, 0.25) is 0 Å². The van der Waals surface area contributed by atoms with Gasteiger partial charge in [-0.15, -0.1) is 13.2 Å². The third-order valence-electron chi connectivity index (χ3n) is 4.26. The second kappa shape index (κ2) is 8.85. The van der Waals surface area contributed by atoms with Gasteiger partial charge < -0.3 is 5.32 Å². The minimum Gasteiger partial charge on any atom is -0.306 e. The molecule has 1 aliphatic heterocycles. The van der Waals surface area contributed by atoms with E-state index in [0.717, 1.165) is 19.0 Å². The lowest BCUT2D eigenvalue weighted by Gasteiger charge is -2.27. The normalized spacial score (nSPS) is 21.7. The molecule has 1 saturated heterocycles. The summed E-state index contributed by atoms with van der Waals surface area (Å²) in [5.74, 6) is 0.725. The number of benzene rings is 1. The molecule has 0 spiro atoms. The Kier molecular flexibility index (Phi) is 6.82. The Bertz CT molecular complexity index is 508. The van der Waals surface area contributed by atoms with E-state index in [2.05, 4.69) is 79.7 Å². The molecule has 0 unspecified atom stereocenters. The van der Waals surface area contributed by atoms with Crippen molar-refractivity contribution in [3.8, 4) is 0 Å². The zero-order valence-corrected chi connectivity index (χ0v) is 14.5. The van der Waals surface area contributed by atoms with Crippen LogP contribution in [0.25, 0.3) is 6.08 Å². The van der Waals surface area contributed by atoms with Gasteiger partial charge in [-0.2, -0.15) is 0 Å². The van der Waals surface area contributed by atoms with Gasteiger partial charge in [0.25, 0.3) is 0 Å². The van der Waals surface area contributed by atoms with E-state index >= 15 is 0 Å². The van der Waals surface area contributed by atoms with E-state index in [-0.39, 0.29) is 0 Å². The third-order valence-corrected chi connectivity index (χ3v) is 4.26. The van der Waals surface area contributed by atoms with Crippen LogP contribution < -0.4 is 5.32 Å². The van der Waals surface area contributed by atoms with Crippen LogP contribution >= 0.6 is 0 Å². The number of nitrogens with zero attached hydrogens (tertiary/aromatic N) is 1. The SMILES string of the molecule is C=CCN(CC=C)[C@H](/C=C/c1ccccc1)[C@@H]1N[C@H]1CC(C)C. The molecule has 0 radical (unpaired) electrons. The first kappa shape index (κ1) is 17.7. The first-order chi connectivity index (χ1) is 11.2. The molecule has 2 rings (SSSR count). The first-order valence-corrected chi connectivity index (χ1v) is 8.60. The van der Waals surface area contributed by atoms with Crippen LogP contribution in [0.15, 0.2) is 61.7 Å². The fourth-order valence-corrected chi connectivity index (χ4v) is 3.14. The molecule has 0 aliphatic carbocycles. The molecule has 0 amide bonds. The molecule has 0 bridgehead atoms. The van der Waals surface area contributed by atoms with Crippen LogP contribution in [0.3, 0.4) is 0 Å². The van der Waals surface area contributed by atoms with Gasteiger partial charge in [0.05, 0.1) is 0 Å². The summed E-state index contributed by atoms with van der Waals surface area (Å²) in [5.41, 5.74) is 1.25. The number of hydrogen-bond acceptors (Lipinski definition) is 2. The largest absolute Gasteiger partial charge is 0.306 e. The molecule has 3 atom stereocenters. The minimum atomic E-state index is 0.370. The van der Waals surface area contributed by atoms with E-state index in [4.69, 9.17) is 0 Å². The highest BCUT2D eigenvalue weighted by molar-refractivity contribution is 5.50. The maximum absolute atomic E-state index is 3.91. The standard InChI is InChI=1S/C21H30N2/c1-5-14-23(15-6-2)20(21-19(22-21)16-17(3)4)13-12-18-10-8-7-9-11-18/h5-13,17,19-22H,1-2,14-16H2,3-4H3/b13-12+/t19-,20+,21+/m0/s1. The predicted molar refractivity (Wildman–Crippen MR) is 101 cm³/mol. The van der Waals surface area contributed by atoms with Gasteiger partial charge in [-0.05, 0) is 17.9 Å². The van der Waals surface area contributed by atoms with Crippen LogP contribution in [-0.2, 0) is 0 Å². The second-order valence-corrected chi connectivity index (χ2v) is 6.72. The molecule has 1 fully saturated rings. The van der Waals surface area contributed by atoms with E-state index in [1.165, 1.54) is 12.0 Å². The van der Waals surface area contributed by atoms with Crippen LogP contribution in [0.1, 0.15) is 25.8 Å². The first-order valence-electron chi connectivity index (χ1n) is 8.60. The average Bonchev–Trinajstić information content (AvgIpc) is 3.27. The van der Waals surface area contributed by atoms with Crippen molar-refractivity contribution in [1.29, 1.82) is 0 Å². The van der Waals surface area contributed by atoms with Crippen molar-refractivity contribution < 1.29 is 0 Å². The number of nitrogens with one attached hydrogen (secondary N) is 1. The second-order valence-electron chi connectivity index (χ2n) is 6.72. The summed E-state index contributed by atoms with van der Waals surface area (Å²) in [6, 6.07) is 12.0. The van der Waals surface area contributed by atoms with E-state index < -0.39 is 0 Å². The van der Waals surface area contributed by atoms with Crippen LogP contribution in [0, 0.1) is 5.92 Å². The minimum absolute atomic E-state index is 0.370. The fourth-order valence-electron chi connectivity index (χ4n) is 3.14. The predicted octanol–water partition coefficient (Wildman–Crippen LogP) is 4.13. The van der Waals surface area contributed by atoms with E-state index in [0.29, 0.717) is 18.1 Å². The summed E-state index contributed by atoms with van der Waals surface area (Å²) in [6.07, 6.45) is 9.76. The van der Waals surface area contributed by atoms with Gasteiger partial charge in [-0.25, -0.2) is 0 Å². The van der Waals surface area contributed by atoms with Crippen molar-refractivity contribution in [3.63, 3.8) is 0 Å². The monoisotopic (exact) mass is 310 g/mol. The zero-order valence-electron chi connectivity index (χ0n) is 14.5. The lowest BCUT2D eigenvalue weighted by atomic mass is 10.0. The van der Waals surface area contributed by atoms with Crippen molar-refractivity contribution in [2.75, 3.05) is 13.1 Å². The van der Waals surface area contributed by atoms with Gasteiger partial charge in [0.15, 0.2) is 0 Å². The Morgan fingerprint density at radius 1 is 1.13 bits per heavy atom. The van der Waals surface area contributed by atoms with Crippen LogP contribution in [0.5, 0.6) is 0 Å². The molecular weight excluding hydrogens is 280 g/mol. The van der Waals surface area contributed by atoms with Gasteiger partial charge in [0.2, 0.25) is 0 Å². The van der Waals surface area contributed by atoms with Crippen molar-refractivity contribution in [3.05, 3.63) is 67.3 Å². The van der Waals surface area contributed by atoms with Crippen LogP contribution in [0.4, 0.5) is 0 Å². The molecule has 2 nitrogen and oxygen atoms in total. The van der Waals surface area contributed by atoms with Crippen molar-refractivity contribution in [2.45, 2.75) is 38.4 Å². The van der Waals surface area contributed by atoms with E-state index in [1.807, 2.05) is 12.2 Å². The molecule has 124 valence electrons. The molecular formula is C21H30N2. The summed E-state index contributed by atoms with van der Waals surface area (Å²) in [6.45, 7) is 14.2. The summed E-state index contributed by atoms with van der Waals surface area (Å²) in [5, 5.41) is 3.67. The lowest BCUT2D eigenvalue weighted by molar-refractivity contribution is 0.274. The molecule has 0 aromatic heterocycles. The summed E-state index contributed by atoms with van der Waals surface area (Å²) < 4.78 is 0. The molecule has 2 heteroatoms. The highest BCUT2D eigenvalue weighted by atomic mass is 15.3. The highest BCUT2D eigenvalue weighted by Crippen LogP contribution is 2.26. The maximum Gasteiger partial charge on any atom is 0.0457 e. The van der Waals surface area contributed by atoms with Crippen molar-refractivity contribution in [1.82, 2.24) is 10.2 Å². The molecule has 0 saturated carbocycles. The van der Waals surface area contributed by atoms with Gasteiger partial charge in [-0.1, -0.05) is 68.5 Å². The Labute approximate surface area is 141 Å². The topological polar surface area (TPSA) is 25.2 Å². The molecule has 1 N–H and O–H groups in total. The Morgan fingerprint density at radius 3 is 2.35 bits per heavy atom. The average molecular weight is 310 g/mol. The smallest absolute Gasteiger partial charge is 0.0457 e. The van der Waals surface area contributed by atoms with Gasteiger partial charge in [0, 0.05) is 31.2 Å². The van der Waals surface area contributed by atoms with Crippen LogP contribution in [-0.4, -0.2) is 36.1 Å². The Balaban J connectivity index is 2.12. The molecule has 1 heterocycles. The highest BCUT2D eigenvalue weighted by Gasteiger charge is 2.43. The van der Waals surface area contributed by atoms with E-state index in [1.54, 1.807) is 0 Å². The van der Waals surface area contributed by atoms with Crippen molar-refractivity contribution in [2.24, 2.45) is 5.92 Å². The number of hydrogen-bond donors (Lipinski definition) is 1. The fraction of sp³-hybridized carbons (Fsp3) is 0.429. The third kappa shape index (κ3) is 5.49. The van der Waals surface area contributed by atoms with Gasteiger partial charge in [-0.3, -0.25) is 4.90 Å². The summed E-state index contributed by atoms with van der Waals surface area (Å²) in [4.78, 5) is 2.43. The van der Waals surface area contributed by atoms with Gasteiger partial charge >= 0.3 is 0 Å². The molecule has 1 aromatic carbocycles. The molecule has 1 aliphatic rings. The quantitative estimate of drug-likeness (QED) is 0.519. The Hall–Kier alpha value is -1.64. The van der Waals surface area contributed by atoms with Gasteiger partial charge in [0.1, 0.15) is 0 Å². The molecule has 23 heavy (non-hydrogen) atoms. The van der Waals surface area contributed by atoms with E-state index in [9.17, 15) is 0 Å². The lowest BCUT2D eigenvalue weighted by Crippen LogP contribution is -2.39.